The lowest BCUT2D eigenvalue weighted by atomic mass is 10.0. The van der Waals surface area contributed by atoms with Gasteiger partial charge in [0.1, 0.15) is 11.0 Å². The van der Waals surface area contributed by atoms with E-state index in [0.29, 0.717) is 30.2 Å². The van der Waals surface area contributed by atoms with Crippen molar-refractivity contribution in [1.29, 1.82) is 0 Å². The highest BCUT2D eigenvalue weighted by Crippen LogP contribution is 2.34. The second-order valence-corrected chi connectivity index (χ2v) is 5.95. The van der Waals surface area contributed by atoms with Crippen LogP contribution in [0.15, 0.2) is 24.4 Å². The van der Waals surface area contributed by atoms with Crippen LogP contribution in [0.4, 0.5) is 8.78 Å². The fraction of sp³-hybridized carbons (Fsp3) is 0.400. The lowest BCUT2D eigenvalue weighted by molar-refractivity contribution is 0.171. The molecule has 1 aliphatic rings. The number of benzene rings is 1. The summed E-state index contributed by atoms with van der Waals surface area (Å²) in [5.74, 6) is -0.990. The number of aromatic nitrogens is 2. The summed E-state index contributed by atoms with van der Waals surface area (Å²) in [5, 5.41) is 10.5. The van der Waals surface area contributed by atoms with Crippen LogP contribution in [-0.4, -0.2) is 32.2 Å². The fourth-order valence-corrected chi connectivity index (χ4v) is 3.02. The summed E-state index contributed by atoms with van der Waals surface area (Å²) in [6.07, 6.45) is 1.54. The summed E-state index contributed by atoms with van der Waals surface area (Å²) in [6, 6.07) is 3.68. The van der Waals surface area contributed by atoms with Crippen LogP contribution in [0.5, 0.6) is 0 Å². The maximum atomic E-state index is 13.5. The molecule has 0 unspecified atom stereocenters. The molecular formula is C15H16ClF2N3O. The van der Waals surface area contributed by atoms with Crippen molar-refractivity contribution in [3.63, 3.8) is 0 Å². The number of aliphatic hydroxyl groups is 1. The average Bonchev–Trinajstić information content (AvgIpc) is 2.99. The van der Waals surface area contributed by atoms with Gasteiger partial charge in [0.2, 0.25) is 0 Å². The Morgan fingerprint density at radius 1 is 1.36 bits per heavy atom. The van der Waals surface area contributed by atoms with Gasteiger partial charge in [-0.1, -0.05) is 17.7 Å². The number of hydrogen-bond donors (Lipinski definition) is 1. The standard InChI is InChI=1S/C15H16ClF2N3O/c1-20-14(16)6-19-15(20)8-21-7-10(22)5-13(21)9-2-3-11(17)12(18)4-9/h2-4,6,10,13,22H,5,7-8H2,1H3/t10-,13-/m1/s1. The number of aliphatic hydroxyl groups excluding tert-OH is 1. The highest BCUT2D eigenvalue weighted by atomic mass is 35.5. The molecule has 0 amide bonds. The highest BCUT2D eigenvalue weighted by molar-refractivity contribution is 6.29. The number of β-amino-alcohol motifs (C(OH)–C–C–N with tert-alkyl or cyclic N) is 1. The van der Waals surface area contributed by atoms with Crippen LogP contribution in [0, 0.1) is 11.6 Å². The van der Waals surface area contributed by atoms with E-state index in [1.54, 1.807) is 16.8 Å². The Balaban J connectivity index is 1.85. The number of likely N-dealkylation sites (tertiary alicyclic amines) is 1. The molecule has 0 spiro atoms. The normalized spacial score (nSPS) is 22.4. The van der Waals surface area contributed by atoms with Crippen LogP contribution in [0.1, 0.15) is 23.9 Å². The van der Waals surface area contributed by atoms with E-state index in [1.807, 2.05) is 11.9 Å². The number of halogens is 3. The van der Waals surface area contributed by atoms with Crippen LogP contribution < -0.4 is 0 Å². The Bertz CT molecular complexity index is 691. The van der Waals surface area contributed by atoms with Gasteiger partial charge < -0.3 is 9.67 Å². The van der Waals surface area contributed by atoms with Crippen LogP contribution in [0.25, 0.3) is 0 Å². The van der Waals surface area contributed by atoms with Gasteiger partial charge in [0.05, 0.1) is 18.8 Å². The maximum absolute atomic E-state index is 13.5. The zero-order valence-electron chi connectivity index (χ0n) is 12.0. The van der Waals surface area contributed by atoms with Crippen molar-refractivity contribution in [3.05, 3.63) is 52.6 Å². The van der Waals surface area contributed by atoms with E-state index >= 15 is 0 Å². The molecule has 7 heteroatoms. The molecule has 1 aromatic carbocycles. The Hall–Kier alpha value is -1.50. The quantitative estimate of drug-likeness (QED) is 0.942. The minimum Gasteiger partial charge on any atom is -0.392 e. The summed E-state index contributed by atoms with van der Waals surface area (Å²) in [6.45, 7) is 0.929. The van der Waals surface area contributed by atoms with Crippen molar-refractivity contribution in [2.45, 2.75) is 25.1 Å². The van der Waals surface area contributed by atoms with E-state index in [4.69, 9.17) is 11.6 Å². The van der Waals surface area contributed by atoms with Gasteiger partial charge in [-0.2, -0.15) is 0 Å². The third-order valence-corrected chi connectivity index (χ3v) is 4.43. The van der Waals surface area contributed by atoms with Gasteiger partial charge in [0, 0.05) is 19.6 Å². The van der Waals surface area contributed by atoms with Gasteiger partial charge in [-0.25, -0.2) is 13.8 Å². The van der Waals surface area contributed by atoms with Crippen LogP contribution in [0.3, 0.4) is 0 Å². The minimum absolute atomic E-state index is 0.180. The fourth-order valence-electron chi connectivity index (χ4n) is 2.87. The first-order valence-electron chi connectivity index (χ1n) is 6.99. The maximum Gasteiger partial charge on any atom is 0.159 e. The molecular weight excluding hydrogens is 312 g/mol. The number of rotatable bonds is 3. The molecule has 3 rings (SSSR count). The molecule has 4 nitrogen and oxygen atoms in total. The largest absolute Gasteiger partial charge is 0.392 e. The highest BCUT2D eigenvalue weighted by Gasteiger charge is 2.33. The van der Waals surface area contributed by atoms with E-state index in [9.17, 15) is 13.9 Å². The molecule has 2 heterocycles. The van der Waals surface area contributed by atoms with Crippen molar-refractivity contribution in [2.75, 3.05) is 6.54 Å². The van der Waals surface area contributed by atoms with Crippen LogP contribution in [0.2, 0.25) is 5.15 Å². The van der Waals surface area contributed by atoms with Crippen molar-refractivity contribution in [3.8, 4) is 0 Å². The lowest BCUT2D eigenvalue weighted by Gasteiger charge is -2.24. The molecule has 2 aromatic rings. The SMILES string of the molecule is Cn1c(Cl)cnc1CN1C[C@H](O)C[C@@H]1c1ccc(F)c(F)c1. The first-order valence-corrected chi connectivity index (χ1v) is 7.36. The third-order valence-electron chi connectivity index (χ3n) is 4.08. The Labute approximate surface area is 131 Å². The third kappa shape index (κ3) is 2.86. The van der Waals surface area contributed by atoms with Crippen LogP contribution in [-0.2, 0) is 13.6 Å². The average molecular weight is 328 g/mol. The molecule has 0 bridgehead atoms. The molecule has 1 N–H and O–H groups in total. The van der Waals surface area contributed by atoms with Crippen LogP contribution >= 0.6 is 11.6 Å². The molecule has 22 heavy (non-hydrogen) atoms. The number of imidazole rings is 1. The van der Waals surface area contributed by atoms with Crippen molar-refractivity contribution < 1.29 is 13.9 Å². The number of nitrogens with zero attached hydrogens (tertiary/aromatic N) is 3. The summed E-state index contributed by atoms with van der Waals surface area (Å²) < 4.78 is 28.3. The van der Waals surface area contributed by atoms with E-state index in [2.05, 4.69) is 4.98 Å². The van der Waals surface area contributed by atoms with Crippen molar-refractivity contribution in [1.82, 2.24) is 14.5 Å². The van der Waals surface area contributed by atoms with Gasteiger partial charge in [0.15, 0.2) is 11.6 Å². The van der Waals surface area contributed by atoms with Gasteiger partial charge >= 0.3 is 0 Å². The summed E-state index contributed by atoms with van der Waals surface area (Å²) in [4.78, 5) is 6.23. The Morgan fingerprint density at radius 3 is 2.77 bits per heavy atom. The molecule has 0 radical (unpaired) electrons. The summed E-state index contributed by atoms with van der Waals surface area (Å²) in [7, 11) is 1.81. The number of hydrogen-bond acceptors (Lipinski definition) is 3. The van der Waals surface area contributed by atoms with E-state index in [1.165, 1.54) is 6.07 Å². The minimum atomic E-state index is -0.876. The predicted molar refractivity (Wildman–Crippen MR) is 78.4 cm³/mol. The summed E-state index contributed by atoms with van der Waals surface area (Å²) in [5.41, 5.74) is 0.649. The molecule has 0 saturated carbocycles. The molecule has 1 fully saturated rings. The zero-order valence-corrected chi connectivity index (χ0v) is 12.8. The van der Waals surface area contributed by atoms with E-state index in [-0.39, 0.29) is 6.04 Å². The van der Waals surface area contributed by atoms with Gasteiger partial charge in [-0.05, 0) is 24.1 Å². The van der Waals surface area contributed by atoms with Crippen molar-refractivity contribution >= 4 is 11.6 Å². The molecule has 1 saturated heterocycles. The smallest absolute Gasteiger partial charge is 0.159 e. The van der Waals surface area contributed by atoms with Crippen molar-refractivity contribution in [2.24, 2.45) is 7.05 Å². The zero-order chi connectivity index (χ0) is 15.9. The van der Waals surface area contributed by atoms with E-state index < -0.39 is 17.7 Å². The van der Waals surface area contributed by atoms with Gasteiger partial charge in [0.25, 0.3) is 0 Å². The molecule has 1 aliphatic heterocycles. The first-order chi connectivity index (χ1) is 10.5. The van der Waals surface area contributed by atoms with Gasteiger partial charge in [-0.15, -0.1) is 0 Å². The lowest BCUT2D eigenvalue weighted by Crippen LogP contribution is -2.26. The van der Waals surface area contributed by atoms with Gasteiger partial charge in [-0.3, -0.25) is 4.90 Å². The second kappa shape index (κ2) is 5.95. The molecule has 0 aliphatic carbocycles. The Morgan fingerprint density at radius 2 is 2.14 bits per heavy atom. The topological polar surface area (TPSA) is 41.3 Å². The first kappa shape index (κ1) is 15.4. The molecule has 1 aromatic heterocycles. The monoisotopic (exact) mass is 327 g/mol. The summed E-state index contributed by atoms with van der Waals surface area (Å²) >= 11 is 5.98. The molecule has 2 atom stereocenters. The predicted octanol–water partition coefficient (Wildman–Crippen LogP) is 2.66. The second-order valence-electron chi connectivity index (χ2n) is 5.56. The van der Waals surface area contributed by atoms with E-state index in [0.717, 1.165) is 11.9 Å². The Kier molecular flexibility index (Phi) is 4.16. The molecule has 118 valence electrons.